The summed E-state index contributed by atoms with van der Waals surface area (Å²) in [6, 6.07) is 3.38. The summed E-state index contributed by atoms with van der Waals surface area (Å²) in [4.78, 5) is 3.97. The number of hydrogen-bond donors (Lipinski definition) is 2. The number of aryl methyl sites for hydroxylation is 1. The first-order valence-corrected chi connectivity index (χ1v) is 6.52. The number of rotatable bonds is 4. The lowest BCUT2D eigenvalue weighted by Crippen LogP contribution is -1.98. The molecular weight excluding hydrogens is 330 g/mol. The maximum absolute atomic E-state index is 9.36. The molecule has 0 bridgehead atoms. The summed E-state index contributed by atoms with van der Waals surface area (Å²) < 4.78 is 16.5. The van der Waals surface area contributed by atoms with Crippen molar-refractivity contribution in [2.24, 2.45) is 0 Å². The van der Waals surface area contributed by atoms with Gasteiger partial charge in [0.15, 0.2) is 29.4 Å². The first-order chi connectivity index (χ1) is 9.47. The van der Waals surface area contributed by atoms with Gasteiger partial charge in [-0.25, -0.2) is 4.98 Å². The Kier molecular flexibility index (Phi) is 4.32. The van der Waals surface area contributed by atoms with Crippen molar-refractivity contribution in [3.05, 3.63) is 28.2 Å². The average Bonchev–Trinajstić information content (AvgIpc) is 2.80. The molecule has 6 nitrogen and oxygen atoms in total. The third-order valence-corrected chi connectivity index (χ3v) is 3.38. The molecule has 2 aromatic rings. The van der Waals surface area contributed by atoms with E-state index in [0.717, 1.165) is 0 Å². The number of ether oxygens (including phenoxy) is 2. The molecular formula is C13H14BrNO5. The molecule has 2 N–H and O–H groups in total. The average molecular weight is 344 g/mol. The maximum atomic E-state index is 9.36. The Morgan fingerprint density at radius 3 is 2.35 bits per heavy atom. The highest BCUT2D eigenvalue weighted by Gasteiger charge is 2.22. The van der Waals surface area contributed by atoms with Gasteiger partial charge in [0.25, 0.3) is 0 Å². The molecule has 1 heterocycles. The van der Waals surface area contributed by atoms with Crippen molar-refractivity contribution in [1.29, 1.82) is 0 Å². The summed E-state index contributed by atoms with van der Waals surface area (Å²) in [6.07, 6.45) is -1.72. The topological polar surface area (TPSA) is 85.0 Å². The van der Waals surface area contributed by atoms with Crippen molar-refractivity contribution >= 4 is 15.9 Å². The molecule has 0 aliphatic rings. The fourth-order valence-electron chi connectivity index (χ4n) is 1.84. The van der Waals surface area contributed by atoms with Gasteiger partial charge >= 0.3 is 0 Å². The van der Waals surface area contributed by atoms with Gasteiger partial charge in [0, 0.05) is 17.0 Å². The number of oxazole rings is 1. The highest BCUT2D eigenvalue weighted by Crippen LogP contribution is 2.40. The first-order valence-electron chi connectivity index (χ1n) is 5.73. The summed E-state index contributed by atoms with van der Waals surface area (Å²) in [5.74, 6) is 1.65. The fourth-order valence-corrected chi connectivity index (χ4v) is 2.34. The van der Waals surface area contributed by atoms with Crippen LogP contribution in [0.3, 0.4) is 0 Å². The molecule has 108 valence electrons. The quantitative estimate of drug-likeness (QED) is 0.829. The largest absolute Gasteiger partial charge is 0.493 e. The molecule has 1 aromatic carbocycles. The van der Waals surface area contributed by atoms with Crippen LogP contribution in [0, 0.1) is 6.92 Å². The van der Waals surface area contributed by atoms with E-state index in [-0.39, 0.29) is 11.5 Å². The van der Waals surface area contributed by atoms with E-state index >= 15 is 0 Å². The predicted octanol–water partition coefficient (Wildman–Crippen LogP) is 2.41. The van der Waals surface area contributed by atoms with Crippen LogP contribution in [-0.4, -0.2) is 29.4 Å². The summed E-state index contributed by atoms with van der Waals surface area (Å²) in [6.45, 7) is 1.63. The van der Waals surface area contributed by atoms with Gasteiger partial charge in [-0.2, -0.15) is 0 Å². The number of benzene rings is 1. The molecule has 1 aromatic heterocycles. The van der Waals surface area contributed by atoms with Crippen molar-refractivity contribution in [3.8, 4) is 22.8 Å². The zero-order chi connectivity index (χ0) is 14.9. The molecule has 0 fully saturated rings. The number of hydrogen-bond acceptors (Lipinski definition) is 6. The van der Waals surface area contributed by atoms with E-state index in [1.54, 1.807) is 19.1 Å². The van der Waals surface area contributed by atoms with Gasteiger partial charge in [-0.3, -0.25) is 0 Å². The molecule has 0 saturated heterocycles. The van der Waals surface area contributed by atoms with Gasteiger partial charge in [-0.05, 0) is 28.1 Å². The Morgan fingerprint density at radius 2 is 1.80 bits per heavy atom. The number of halogens is 1. The zero-order valence-electron chi connectivity index (χ0n) is 11.2. The van der Waals surface area contributed by atoms with Crippen LogP contribution in [-0.2, 0) is 0 Å². The van der Waals surface area contributed by atoms with E-state index in [0.29, 0.717) is 27.4 Å². The molecule has 0 spiro atoms. The number of aromatic nitrogens is 1. The van der Waals surface area contributed by atoms with Crippen LogP contribution in [0.5, 0.6) is 11.5 Å². The van der Waals surface area contributed by atoms with Crippen molar-refractivity contribution in [1.82, 2.24) is 4.98 Å². The van der Waals surface area contributed by atoms with Crippen LogP contribution < -0.4 is 9.47 Å². The Bertz CT molecular complexity index is 623. The highest BCUT2D eigenvalue weighted by molar-refractivity contribution is 9.10. The minimum atomic E-state index is -1.72. The molecule has 0 unspecified atom stereocenters. The second-order valence-electron chi connectivity index (χ2n) is 4.01. The molecule has 0 aliphatic carbocycles. The van der Waals surface area contributed by atoms with Gasteiger partial charge in [-0.15, -0.1) is 0 Å². The van der Waals surface area contributed by atoms with Gasteiger partial charge < -0.3 is 24.1 Å². The molecule has 0 aliphatic heterocycles. The minimum Gasteiger partial charge on any atom is -0.493 e. The lowest BCUT2D eigenvalue weighted by Gasteiger charge is -2.11. The monoisotopic (exact) mass is 343 g/mol. The van der Waals surface area contributed by atoms with Crippen LogP contribution in [0.1, 0.15) is 17.9 Å². The summed E-state index contributed by atoms with van der Waals surface area (Å²) in [5, 5.41) is 18.7. The summed E-state index contributed by atoms with van der Waals surface area (Å²) >= 11 is 3.39. The van der Waals surface area contributed by atoms with Crippen LogP contribution in [0.25, 0.3) is 11.3 Å². The summed E-state index contributed by atoms with van der Waals surface area (Å²) in [7, 11) is 3.05. The Balaban J connectivity index is 2.63. The molecule has 0 saturated carbocycles. The third kappa shape index (κ3) is 2.65. The standard InChI is InChI=1S/C13H14BrNO5/c1-6-15-11(13(16)17)12(20-6)7-4-9(18-2)10(19-3)5-8(7)14/h4-5,13,16-17H,1-3H3. The van der Waals surface area contributed by atoms with Crippen molar-refractivity contribution in [2.45, 2.75) is 13.2 Å². The second kappa shape index (κ2) is 5.82. The lowest BCUT2D eigenvalue weighted by molar-refractivity contribution is -0.0453. The van der Waals surface area contributed by atoms with E-state index in [2.05, 4.69) is 20.9 Å². The smallest absolute Gasteiger partial charge is 0.200 e. The van der Waals surface area contributed by atoms with Crippen molar-refractivity contribution < 1.29 is 24.1 Å². The molecule has 20 heavy (non-hydrogen) atoms. The van der Waals surface area contributed by atoms with E-state index in [9.17, 15) is 10.2 Å². The van der Waals surface area contributed by atoms with E-state index in [1.807, 2.05) is 0 Å². The molecule has 0 radical (unpaired) electrons. The lowest BCUT2D eigenvalue weighted by atomic mass is 10.1. The Morgan fingerprint density at radius 1 is 1.20 bits per heavy atom. The Labute approximate surface area is 124 Å². The van der Waals surface area contributed by atoms with E-state index < -0.39 is 6.29 Å². The van der Waals surface area contributed by atoms with E-state index in [4.69, 9.17) is 13.9 Å². The van der Waals surface area contributed by atoms with Crippen molar-refractivity contribution in [2.75, 3.05) is 14.2 Å². The zero-order valence-corrected chi connectivity index (χ0v) is 12.8. The molecule has 0 amide bonds. The third-order valence-electron chi connectivity index (χ3n) is 2.72. The van der Waals surface area contributed by atoms with Gasteiger partial charge in [0.1, 0.15) is 5.69 Å². The van der Waals surface area contributed by atoms with Gasteiger partial charge in [0.05, 0.1) is 14.2 Å². The number of aliphatic hydroxyl groups excluding tert-OH is 1. The maximum Gasteiger partial charge on any atom is 0.200 e. The predicted molar refractivity (Wildman–Crippen MR) is 74.7 cm³/mol. The van der Waals surface area contributed by atoms with Gasteiger partial charge in [-0.1, -0.05) is 0 Å². The van der Waals surface area contributed by atoms with Crippen LogP contribution in [0.15, 0.2) is 21.0 Å². The first kappa shape index (κ1) is 14.8. The number of aliphatic hydroxyl groups is 2. The normalized spacial score (nSPS) is 10.9. The molecule has 0 atom stereocenters. The number of nitrogens with zero attached hydrogens (tertiary/aromatic N) is 1. The van der Waals surface area contributed by atoms with Crippen LogP contribution in [0.4, 0.5) is 0 Å². The highest BCUT2D eigenvalue weighted by atomic mass is 79.9. The Hall–Kier alpha value is -1.57. The minimum absolute atomic E-state index is 0.0513. The van der Waals surface area contributed by atoms with Crippen molar-refractivity contribution in [3.63, 3.8) is 0 Å². The fraction of sp³-hybridized carbons (Fsp3) is 0.308. The molecule has 2 rings (SSSR count). The second-order valence-corrected chi connectivity index (χ2v) is 4.86. The summed E-state index contributed by atoms with van der Waals surface area (Å²) in [5.41, 5.74) is 0.641. The van der Waals surface area contributed by atoms with Crippen LogP contribution >= 0.6 is 15.9 Å². The molecule has 7 heteroatoms. The van der Waals surface area contributed by atoms with Gasteiger partial charge in [0.2, 0.25) is 0 Å². The van der Waals surface area contributed by atoms with Crippen LogP contribution in [0.2, 0.25) is 0 Å². The number of methoxy groups -OCH3 is 2. The SMILES string of the molecule is COc1cc(Br)c(-c2oc(C)nc2C(O)O)cc1OC. The van der Waals surface area contributed by atoms with E-state index in [1.165, 1.54) is 14.2 Å².